The lowest BCUT2D eigenvalue weighted by Crippen LogP contribution is -2.26. The summed E-state index contributed by atoms with van der Waals surface area (Å²) in [5.74, 6) is -1.42. The third-order valence-corrected chi connectivity index (χ3v) is 4.71. The molecule has 1 unspecified atom stereocenters. The first kappa shape index (κ1) is 18.0. The minimum absolute atomic E-state index is 0.0433. The molecule has 0 aliphatic carbocycles. The third-order valence-electron chi connectivity index (χ3n) is 4.71. The molecule has 28 heavy (non-hydrogen) atoms. The number of carbonyl (C=O) groups is 1. The highest BCUT2D eigenvalue weighted by Crippen LogP contribution is 2.37. The lowest BCUT2D eigenvalue weighted by Gasteiger charge is -2.24. The Labute approximate surface area is 161 Å². The largest absolute Gasteiger partial charge is 0.323 e. The van der Waals surface area contributed by atoms with E-state index in [1.165, 1.54) is 11.6 Å². The van der Waals surface area contributed by atoms with Crippen LogP contribution in [0, 0.1) is 18.6 Å². The highest BCUT2D eigenvalue weighted by Gasteiger charge is 2.28. The molecule has 1 amide bonds. The van der Waals surface area contributed by atoms with Crippen molar-refractivity contribution < 1.29 is 13.6 Å². The molecule has 1 aliphatic rings. The number of halogens is 2. The number of amides is 1. The number of nitrogens with one attached hydrogen (secondary N) is 1. The normalized spacial score (nSPS) is 15.4. The molecule has 3 aromatic rings. The van der Waals surface area contributed by atoms with Gasteiger partial charge in [-0.3, -0.25) is 4.79 Å². The molecule has 0 saturated heterocycles. The highest BCUT2D eigenvalue weighted by molar-refractivity contribution is 6.03. The molecular weight excluding hydrogens is 362 g/mol. The van der Waals surface area contributed by atoms with E-state index >= 15 is 0 Å². The number of carbonyl (C=O) groups excluding carboxylic acids is 1. The van der Waals surface area contributed by atoms with Crippen LogP contribution in [-0.4, -0.2) is 21.9 Å². The van der Waals surface area contributed by atoms with Crippen molar-refractivity contribution in [1.82, 2.24) is 9.97 Å². The standard InChI is InChI=1S/C21H18F2N4O/c1-12-10-14-6-3-4-9-18(14)27(12)19-11-17(24-13(2)25-19)21(28)26-20-15(22)7-5-8-16(20)23/h3-9,11-12H,10H2,1-2H3,(H,26,28). The maximum atomic E-state index is 13.9. The van der Waals surface area contributed by atoms with Crippen molar-refractivity contribution in [3.63, 3.8) is 0 Å². The molecule has 0 saturated carbocycles. The van der Waals surface area contributed by atoms with Crippen LogP contribution in [0.3, 0.4) is 0 Å². The van der Waals surface area contributed by atoms with Crippen LogP contribution in [0.2, 0.25) is 0 Å². The van der Waals surface area contributed by atoms with Gasteiger partial charge < -0.3 is 10.2 Å². The lowest BCUT2D eigenvalue weighted by molar-refractivity contribution is 0.102. The molecule has 0 radical (unpaired) electrons. The number of aryl methyl sites for hydroxylation is 1. The fourth-order valence-corrected chi connectivity index (χ4v) is 3.50. The van der Waals surface area contributed by atoms with Gasteiger partial charge in [-0.1, -0.05) is 24.3 Å². The van der Waals surface area contributed by atoms with Gasteiger partial charge in [0.2, 0.25) is 0 Å². The van der Waals surface area contributed by atoms with Gasteiger partial charge in [0.25, 0.3) is 5.91 Å². The maximum Gasteiger partial charge on any atom is 0.274 e. The van der Waals surface area contributed by atoms with Crippen molar-refractivity contribution >= 4 is 23.1 Å². The lowest BCUT2D eigenvalue weighted by atomic mass is 10.1. The molecule has 7 heteroatoms. The van der Waals surface area contributed by atoms with Crippen molar-refractivity contribution in [2.75, 3.05) is 10.2 Å². The Balaban J connectivity index is 1.69. The summed E-state index contributed by atoms with van der Waals surface area (Å²) in [5.41, 5.74) is 1.78. The summed E-state index contributed by atoms with van der Waals surface area (Å²) < 4.78 is 27.7. The van der Waals surface area contributed by atoms with Crippen LogP contribution in [0.1, 0.15) is 28.8 Å². The summed E-state index contributed by atoms with van der Waals surface area (Å²) in [4.78, 5) is 23.3. The summed E-state index contributed by atoms with van der Waals surface area (Å²) in [6.07, 6.45) is 0.862. The number of fused-ring (bicyclic) bond motifs is 1. The number of nitrogens with zero attached hydrogens (tertiary/aromatic N) is 3. The van der Waals surface area contributed by atoms with Gasteiger partial charge in [-0.25, -0.2) is 18.7 Å². The average molecular weight is 380 g/mol. The molecular formula is C21H18F2N4O. The predicted octanol–water partition coefficient (Wildman–Crippen LogP) is 4.40. The zero-order chi connectivity index (χ0) is 19.8. The van der Waals surface area contributed by atoms with E-state index in [2.05, 4.69) is 28.3 Å². The fraction of sp³-hybridized carbons (Fsp3) is 0.190. The van der Waals surface area contributed by atoms with Crippen LogP contribution in [0.15, 0.2) is 48.5 Å². The Morgan fingerprint density at radius 2 is 1.82 bits per heavy atom. The molecule has 5 nitrogen and oxygen atoms in total. The van der Waals surface area contributed by atoms with Crippen LogP contribution in [0.25, 0.3) is 0 Å². The summed E-state index contributed by atoms with van der Waals surface area (Å²) in [7, 11) is 0. The average Bonchev–Trinajstić information content (AvgIpc) is 3.00. The van der Waals surface area contributed by atoms with Gasteiger partial charge in [-0.2, -0.15) is 0 Å². The Morgan fingerprint density at radius 3 is 2.57 bits per heavy atom. The van der Waals surface area contributed by atoms with E-state index in [9.17, 15) is 13.6 Å². The van der Waals surface area contributed by atoms with Gasteiger partial charge in [0.1, 0.15) is 34.7 Å². The van der Waals surface area contributed by atoms with Crippen molar-refractivity contribution in [2.45, 2.75) is 26.3 Å². The summed E-state index contributed by atoms with van der Waals surface area (Å²) in [6.45, 7) is 3.75. The van der Waals surface area contributed by atoms with Gasteiger partial charge in [0.05, 0.1) is 0 Å². The quantitative estimate of drug-likeness (QED) is 0.732. The van der Waals surface area contributed by atoms with E-state index in [1.54, 1.807) is 13.0 Å². The number of benzene rings is 2. The van der Waals surface area contributed by atoms with E-state index in [1.807, 2.05) is 23.1 Å². The van der Waals surface area contributed by atoms with Gasteiger partial charge >= 0.3 is 0 Å². The summed E-state index contributed by atoms with van der Waals surface area (Å²) in [5, 5.41) is 2.27. The third kappa shape index (κ3) is 3.19. The van der Waals surface area contributed by atoms with Crippen LogP contribution < -0.4 is 10.2 Å². The van der Waals surface area contributed by atoms with Crippen molar-refractivity contribution in [1.29, 1.82) is 0 Å². The van der Waals surface area contributed by atoms with Crippen LogP contribution in [0.4, 0.5) is 26.0 Å². The minimum atomic E-state index is -0.846. The molecule has 1 atom stereocenters. The van der Waals surface area contributed by atoms with E-state index in [0.29, 0.717) is 11.6 Å². The van der Waals surface area contributed by atoms with E-state index < -0.39 is 23.2 Å². The molecule has 1 N–H and O–H groups in total. The van der Waals surface area contributed by atoms with Crippen molar-refractivity contribution in [3.05, 3.63) is 77.2 Å². The maximum absolute atomic E-state index is 13.9. The van der Waals surface area contributed by atoms with Crippen LogP contribution in [-0.2, 0) is 6.42 Å². The molecule has 0 spiro atoms. The van der Waals surface area contributed by atoms with E-state index in [-0.39, 0.29) is 11.7 Å². The molecule has 2 aromatic carbocycles. The number of aromatic nitrogens is 2. The second-order valence-electron chi connectivity index (χ2n) is 6.76. The fourth-order valence-electron chi connectivity index (χ4n) is 3.50. The number of rotatable bonds is 3. The zero-order valence-electron chi connectivity index (χ0n) is 15.4. The molecule has 4 rings (SSSR count). The molecule has 142 valence electrons. The van der Waals surface area contributed by atoms with Crippen molar-refractivity contribution in [3.8, 4) is 0 Å². The monoisotopic (exact) mass is 380 g/mol. The van der Waals surface area contributed by atoms with Gasteiger partial charge in [0.15, 0.2) is 0 Å². The molecule has 0 bridgehead atoms. The van der Waals surface area contributed by atoms with Gasteiger partial charge in [-0.15, -0.1) is 0 Å². The molecule has 0 fully saturated rings. The van der Waals surface area contributed by atoms with Crippen LogP contribution >= 0.6 is 0 Å². The number of para-hydroxylation sites is 2. The Kier molecular flexibility index (Phi) is 4.50. The summed E-state index contributed by atoms with van der Waals surface area (Å²) >= 11 is 0. The molecule has 2 heterocycles. The smallest absolute Gasteiger partial charge is 0.274 e. The number of hydrogen-bond donors (Lipinski definition) is 1. The van der Waals surface area contributed by atoms with Gasteiger partial charge in [-0.05, 0) is 44.0 Å². The zero-order valence-corrected chi connectivity index (χ0v) is 15.4. The van der Waals surface area contributed by atoms with Crippen LogP contribution in [0.5, 0.6) is 0 Å². The number of anilines is 3. The van der Waals surface area contributed by atoms with Gasteiger partial charge in [0, 0.05) is 17.8 Å². The molecule has 1 aliphatic heterocycles. The van der Waals surface area contributed by atoms with Crippen molar-refractivity contribution in [2.24, 2.45) is 0 Å². The molecule has 1 aromatic heterocycles. The Bertz CT molecular complexity index is 1050. The summed E-state index contributed by atoms with van der Waals surface area (Å²) in [6, 6.07) is 13.1. The first-order valence-corrected chi connectivity index (χ1v) is 8.92. The van der Waals surface area contributed by atoms with E-state index in [4.69, 9.17) is 0 Å². The second-order valence-corrected chi connectivity index (χ2v) is 6.76. The number of hydrogen-bond acceptors (Lipinski definition) is 4. The van der Waals surface area contributed by atoms with E-state index in [0.717, 1.165) is 24.2 Å². The minimum Gasteiger partial charge on any atom is -0.323 e. The SMILES string of the molecule is Cc1nc(C(=O)Nc2c(F)cccc2F)cc(N2c3ccccc3CC2C)n1. The highest BCUT2D eigenvalue weighted by atomic mass is 19.1. The Morgan fingerprint density at radius 1 is 1.11 bits per heavy atom. The Hall–Kier alpha value is -3.35. The predicted molar refractivity (Wildman–Crippen MR) is 103 cm³/mol. The first-order valence-electron chi connectivity index (χ1n) is 8.92. The topological polar surface area (TPSA) is 58.1 Å². The first-order chi connectivity index (χ1) is 13.4. The second kappa shape index (κ2) is 6.99.